The van der Waals surface area contributed by atoms with Crippen LogP contribution >= 0.6 is 0 Å². The molecule has 0 fully saturated rings. The van der Waals surface area contributed by atoms with E-state index in [0.717, 1.165) is 0 Å². The minimum atomic E-state index is -1.03. The fourth-order valence-electron chi connectivity index (χ4n) is 1.59. The highest BCUT2D eigenvalue weighted by Crippen LogP contribution is 2.31. The highest BCUT2D eigenvalue weighted by Gasteiger charge is 2.13. The summed E-state index contributed by atoms with van der Waals surface area (Å²) in [5, 5.41) is 8.88. The third kappa shape index (κ3) is 2.10. The minimum absolute atomic E-state index is 0.123. The molecular weight excluding hydrogens is 236 g/mol. The number of benzene rings is 1. The van der Waals surface area contributed by atoms with Gasteiger partial charge in [0, 0.05) is 0 Å². The van der Waals surface area contributed by atoms with Gasteiger partial charge in [-0.3, -0.25) is 4.79 Å². The van der Waals surface area contributed by atoms with E-state index >= 15 is 0 Å². The van der Waals surface area contributed by atoms with Crippen molar-refractivity contribution in [2.45, 2.75) is 0 Å². The Morgan fingerprint density at radius 1 is 1.33 bits per heavy atom. The van der Waals surface area contributed by atoms with Crippen LogP contribution in [0, 0.1) is 0 Å². The molecule has 2 rings (SSSR count). The van der Waals surface area contributed by atoms with Crippen molar-refractivity contribution >= 4 is 12.3 Å². The van der Waals surface area contributed by atoms with Crippen LogP contribution in [0.1, 0.15) is 20.9 Å². The maximum absolute atomic E-state index is 10.8. The van der Waals surface area contributed by atoms with E-state index < -0.39 is 5.97 Å². The van der Waals surface area contributed by atoms with Crippen LogP contribution in [0.25, 0.3) is 11.3 Å². The van der Waals surface area contributed by atoms with Crippen molar-refractivity contribution < 1.29 is 23.8 Å². The van der Waals surface area contributed by atoms with Crippen LogP contribution in [-0.2, 0) is 0 Å². The Balaban J connectivity index is 2.50. The molecule has 0 atom stereocenters. The molecule has 1 aromatic heterocycles. The average Bonchev–Trinajstić information content (AvgIpc) is 2.86. The molecule has 0 saturated carbocycles. The van der Waals surface area contributed by atoms with Gasteiger partial charge in [-0.25, -0.2) is 4.79 Å². The molecule has 18 heavy (non-hydrogen) atoms. The van der Waals surface area contributed by atoms with Gasteiger partial charge in [0.15, 0.2) is 12.0 Å². The lowest BCUT2D eigenvalue weighted by atomic mass is 10.1. The first-order chi connectivity index (χ1) is 8.65. The zero-order chi connectivity index (χ0) is 13.1. The van der Waals surface area contributed by atoms with Crippen LogP contribution in [0.5, 0.6) is 5.75 Å². The molecule has 1 aromatic carbocycles. The number of aldehydes is 1. The maximum Gasteiger partial charge on any atom is 0.335 e. The Hall–Kier alpha value is -2.56. The number of furan rings is 1. The number of ether oxygens (including phenoxy) is 1. The highest BCUT2D eigenvalue weighted by molar-refractivity contribution is 5.89. The number of rotatable bonds is 4. The molecule has 0 spiro atoms. The number of methoxy groups -OCH3 is 1. The van der Waals surface area contributed by atoms with Gasteiger partial charge in [-0.2, -0.15) is 0 Å². The molecule has 0 radical (unpaired) electrons. The van der Waals surface area contributed by atoms with Crippen LogP contribution in [0.15, 0.2) is 34.7 Å². The topological polar surface area (TPSA) is 76.7 Å². The summed E-state index contributed by atoms with van der Waals surface area (Å²) < 4.78 is 10.4. The highest BCUT2D eigenvalue weighted by atomic mass is 16.5. The standard InChI is InChI=1S/C13H10O5/c1-17-12-6-8(13(15)16)2-4-10(12)11-5-3-9(7-14)18-11/h2-7H,1H3,(H,15,16). The fourth-order valence-corrected chi connectivity index (χ4v) is 1.59. The Labute approximate surface area is 103 Å². The van der Waals surface area contributed by atoms with Gasteiger partial charge < -0.3 is 14.3 Å². The van der Waals surface area contributed by atoms with Gasteiger partial charge in [0.1, 0.15) is 11.5 Å². The molecule has 0 saturated heterocycles. The zero-order valence-corrected chi connectivity index (χ0v) is 9.54. The van der Waals surface area contributed by atoms with Crippen LogP contribution in [0.4, 0.5) is 0 Å². The number of carboxylic acid groups (broad SMARTS) is 1. The predicted molar refractivity (Wildman–Crippen MR) is 63.0 cm³/mol. The van der Waals surface area contributed by atoms with E-state index in [0.29, 0.717) is 23.4 Å². The SMILES string of the molecule is COc1cc(C(=O)O)ccc1-c1ccc(C=O)o1. The Bertz CT molecular complexity index is 597. The first-order valence-corrected chi connectivity index (χ1v) is 5.12. The van der Waals surface area contributed by atoms with E-state index in [2.05, 4.69) is 0 Å². The summed E-state index contributed by atoms with van der Waals surface area (Å²) in [6.45, 7) is 0. The van der Waals surface area contributed by atoms with E-state index in [4.69, 9.17) is 14.3 Å². The summed E-state index contributed by atoms with van der Waals surface area (Å²) in [7, 11) is 1.44. The van der Waals surface area contributed by atoms with Crippen LogP contribution in [0.2, 0.25) is 0 Å². The molecule has 0 amide bonds. The summed E-state index contributed by atoms with van der Waals surface area (Å²) in [6.07, 6.45) is 0.599. The molecule has 0 aliphatic rings. The Morgan fingerprint density at radius 3 is 2.67 bits per heavy atom. The van der Waals surface area contributed by atoms with Crippen molar-refractivity contribution in [2.75, 3.05) is 7.11 Å². The van der Waals surface area contributed by atoms with Gasteiger partial charge >= 0.3 is 5.97 Å². The van der Waals surface area contributed by atoms with Gasteiger partial charge in [0.2, 0.25) is 0 Å². The lowest BCUT2D eigenvalue weighted by molar-refractivity contribution is 0.0696. The lowest BCUT2D eigenvalue weighted by Gasteiger charge is -2.07. The molecule has 1 heterocycles. The second kappa shape index (κ2) is 4.75. The molecule has 0 unspecified atom stereocenters. The third-order valence-corrected chi connectivity index (χ3v) is 2.46. The molecule has 92 valence electrons. The van der Waals surface area contributed by atoms with Gasteiger partial charge in [0.25, 0.3) is 0 Å². The average molecular weight is 246 g/mol. The van der Waals surface area contributed by atoms with Gasteiger partial charge in [0.05, 0.1) is 18.2 Å². The third-order valence-electron chi connectivity index (χ3n) is 2.46. The van der Waals surface area contributed by atoms with E-state index in [1.807, 2.05) is 0 Å². The van der Waals surface area contributed by atoms with Crippen LogP contribution in [-0.4, -0.2) is 24.5 Å². The number of hydrogen-bond acceptors (Lipinski definition) is 4. The number of hydrogen-bond donors (Lipinski definition) is 1. The lowest BCUT2D eigenvalue weighted by Crippen LogP contribution is -1.97. The van der Waals surface area contributed by atoms with Crippen LogP contribution in [0.3, 0.4) is 0 Å². The number of aromatic carboxylic acids is 1. The number of carbonyl (C=O) groups is 2. The van der Waals surface area contributed by atoms with Crippen molar-refractivity contribution in [2.24, 2.45) is 0 Å². The first-order valence-electron chi connectivity index (χ1n) is 5.12. The van der Waals surface area contributed by atoms with E-state index in [1.165, 1.54) is 25.3 Å². The first kappa shape index (κ1) is 11.9. The van der Waals surface area contributed by atoms with Crippen molar-refractivity contribution in [1.82, 2.24) is 0 Å². The number of carbonyl (C=O) groups excluding carboxylic acids is 1. The zero-order valence-electron chi connectivity index (χ0n) is 9.54. The maximum atomic E-state index is 10.8. The van der Waals surface area contributed by atoms with Gasteiger partial charge in [-0.1, -0.05) is 0 Å². The summed E-state index contributed by atoms with van der Waals surface area (Å²) in [6, 6.07) is 7.59. The molecule has 5 heteroatoms. The van der Waals surface area contributed by atoms with Crippen molar-refractivity contribution in [1.29, 1.82) is 0 Å². The van der Waals surface area contributed by atoms with Gasteiger partial charge in [-0.05, 0) is 30.3 Å². The Kier molecular flexibility index (Phi) is 3.14. The molecular formula is C13H10O5. The molecule has 5 nitrogen and oxygen atoms in total. The van der Waals surface area contributed by atoms with Gasteiger partial charge in [-0.15, -0.1) is 0 Å². The summed E-state index contributed by atoms with van der Waals surface area (Å²) >= 11 is 0. The minimum Gasteiger partial charge on any atom is -0.496 e. The Morgan fingerprint density at radius 2 is 2.11 bits per heavy atom. The molecule has 2 aromatic rings. The normalized spacial score (nSPS) is 10.1. The molecule has 1 N–H and O–H groups in total. The molecule has 0 aliphatic heterocycles. The molecule has 0 bridgehead atoms. The fraction of sp³-hybridized carbons (Fsp3) is 0.0769. The summed E-state index contributed by atoms with van der Waals surface area (Å²) in [4.78, 5) is 21.4. The van der Waals surface area contributed by atoms with E-state index in [-0.39, 0.29) is 11.3 Å². The molecule has 0 aliphatic carbocycles. The monoisotopic (exact) mass is 246 g/mol. The smallest absolute Gasteiger partial charge is 0.335 e. The number of carboxylic acids is 1. The van der Waals surface area contributed by atoms with E-state index in [1.54, 1.807) is 12.1 Å². The van der Waals surface area contributed by atoms with E-state index in [9.17, 15) is 9.59 Å². The van der Waals surface area contributed by atoms with Crippen LogP contribution < -0.4 is 4.74 Å². The summed E-state index contributed by atoms with van der Waals surface area (Å²) in [5.74, 6) is -0.00479. The quantitative estimate of drug-likeness (QED) is 0.838. The summed E-state index contributed by atoms with van der Waals surface area (Å²) in [5.41, 5.74) is 0.716. The largest absolute Gasteiger partial charge is 0.496 e. The predicted octanol–water partition coefficient (Wildman–Crippen LogP) is 2.47. The second-order valence-electron chi connectivity index (χ2n) is 3.54. The van der Waals surface area contributed by atoms with Crippen molar-refractivity contribution in [3.05, 3.63) is 41.7 Å². The van der Waals surface area contributed by atoms with Crippen molar-refractivity contribution in [3.8, 4) is 17.1 Å². The second-order valence-corrected chi connectivity index (χ2v) is 3.54. The van der Waals surface area contributed by atoms with Crippen molar-refractivity contribution in [3.63, 3.8) is 0 Å².